The molecule has 0 aliphatic rings. The number of sulfonamides is 1. The average molecular weight is 529 g/mol. The van der Waals surface area contributed by atoms with E-state index in [9.17, 15) is 13.2 Å². The summed E-state index contributed by atoms with van der Waals surface area (Å²) in [6.07, 6.45) is 2.78. The van der Waals surface area contributed by atoms with Crippen molar-refractivity contribution in [2.24, 2.45) is 0 Å². The smallest absolute Gasteiger partial charge is 0.267 e. The number of nitrogens with one attached hydrogen (secondary N) is 1. The molecule has 2 aromatic heterocycles. The Morgan fingerprint density at radius 3 is 2.18 bits per heavy atom. The molecular formula is C28H24N4O5S. The van der Waals surface area contributed by atoms with Crippen LogP contribution in [0.5, 0.6) is 0 Å². The lowest BCUT2D eigenvalue weighted by atomic mass is 10.00. The number of benzene rings is 3. The lowest BCUT2D eigenvalue weighted by Crippen LogP contribution is -2.29. The molecule has 0 saturated heterocycles. The summed E-state index contributed by atoms with van der Waals surface area (Å²) in [7, 11) is -2.84. The van der Waals surface area contributed by atoms with Gasteiger partial charge >= 0.3 is 0 Å². The monoisotopic (exact) mass is 528 g/mol. The molecule has 0 aliphatic carbocycles. The number of oxazole rings is 1. The van der Waals surface area contributed by atoms with E-state index in [0.717, 1.165) is 5.56 Å². The van der Waals surface area contributed by atoms with Crippen LogP contribution in [0.2, 0.25) is 0 Å². The van der Waals surface area contributed by atoms with Crippen LogP contribution in [0.25, 0.3) is 22.6 Å². The highest BCUT2D eigenvalue weighted by Crippen LogP contribution is 2.43. The molecule has 5 rings (SSSR count). The zero-order chi connectivity index (χ0) is 26.9. The predicted molar refractivity (Wildman–Crippen MR) is 143 cm³/mol. The summed E-state index contributed by atoms with van der Waals surface area (Å²) in [6.45, 7) is 3.41. The molecule has 2 heterocycles. The number of hydrogen-bond donors (Lipinski definition) is 1. The number of anilines is 2. The van der Waals surface area contributed by atoms with Crippen LogP contribution in [0.4, 0.5) is 11.6 Å². The topological polar surface area (TPSA) is 119 Å². The predicted octanol–water partition coefficient (Wildman–Crippen LogP) is 5.69. The van der Waals surface area contributed by atoms with Crippen LogP contribution in [0.15, 0.2) is 99.1 Å². The van der Waals surface area contributed by atoms with E-state index in [4.69, 9.17) is 8.94 Å². The SMILES string of the molecule is Cc1noc(NS(=O)(=O)c2c(-c3ncco3)ccc(-c3ccccc3)c2N(C)C(=O)c2ccccc2)c1C. The van der Waals surface area contributed by atoms with Gasteiger partial charge in [-0.25, -0.2) is 18.1 Å². The zero-order valence-electron chi connectivity index (χ0n) is 20.9. The molecule has 0 radical (unpaired) electrons. The third kappa shape index (κ3) is 4.57. The molecule has 9 nitrogen and oxygen atoms in total. The van der Waals surface area contributed by atoms with E-state index < -0.39 is 15.9 Å². The number of hydrogen-bond acceptors (Lipinski definition) is 7. The average Bonchev–Trinajstić information content (AvgIpc) is 3.59. The summed E-state index contributed by atoms with van der Waals surface area (Å²) < 4.78 is 41.6. The molecule has 10 heteroatoms. The number of aromatic nitrogens is 2. The third-order valence-corrected chi connectivity index (χ3v) is 7.60. The van der Waals surface area contributed by atoms with Gasteiger partial charge in [-0.2, -0.15) is 0 Å². The molecule has 0 unspecified atom stereocenters. The van der Waals surface area contributed by atoms with Gasteiger partial charge in [-0.15, -0.1) is 0 Å². The Morgan fingerprint density at radius 1 is 0.921 bits per heavy atom. The lowest BCUT2D eigenvalue weighted by Gasteiger charge is -2.25. The second kappa shape index (κ2) is 9.98. The summed E-state index contributed by atoms with van der Waals surface area (Å²) in [5.74, 6) is -0.332. The maximum Gasteiger partial charge on any atom is 0.267 e. The second-order valence-electron chi connectivity index (χ2n) is 8.60. The highest BCUT2D eigenvalue weighted by molar-refractivity contribution is 7.93. The first-order valence-corrected chi connectivity index (χ1v) is 13.2. The fraction of sp³-hybridized carbons (Fsp3) is 0.107. The zero-order valence-corrected chi connectivity index (χ0v) is 21.7. The van der Waals surface area contributed by atoms with Gasteiger partial charge in [-0.1, -0.05) is 59.8 Å². The van der Waals surface area contributed by atoms with Gasteiger partial charge in [0.15, 0.2) is 0 Å². The van der Waals surface area contributed by atoms with Gasteiger partial charge in [-0.05, 0) is 37.6 Å². The van der Waals surface area contributed by atoms with E-state index >= 15 is 0 Å². The molecule has 0 bridgehead atoms. The Kier molecular flexibility index (Phi) is 6.56. The van der Waals surface area contributed by atoms with Crippen LogP contribution in [-0.2, 0) is 10.0 Å². The van der Waals surface area contributed by atoms with E-state index in [-0.39, 0.29) is 27.9 Å². The van der Waals surface area contributed by atoms with Crippen LogP contribution >= 0.6 is 0 Å². The maximum atomic E-state index is 14.1. The van der Waals surface area contributed by atoms with Crippen molar-refractivity contribution in [3.63, 3.8) is 0 Å². The van der Waals surface area contributed by atoms with Crippen molar-refractivity contribution in [1.29, 1.82) is 0 Å². The molecule has 38 heavy (non-hydrogen) atoms. The molecule has 1 N–H and O–H groups in total. The van der Waals surface area contributed by atoms with E-state index in [0.29, 0.717) is 22.4 Å². The highest BCUT2D eigenvalue weighted by Gasteiger charge is 2.33. The van der Waals surface area contributed by atoms with Crippen molar-refractivity contribution < 1.29 is 22.2 Å². The number of nitrogens with zero attached hydrogens (tertiary/aromatic N) is 3. The Bertz CT molecular complexity index is 1700. The summed E-state index contributed by atoms with van der Waals surface area (Å²) in [5, 5.41) is 3.86. The summed E-state index contributed by atoms with van der Waals surface area (Å²) in [4.78, 5) is 19.0. The summed E-state index contributed by atoms with van der Waals surface area (Å²) >= 11 is 0. The van der Waals surface area contributed by atoms with Crippen LogP contribution in [0.1, 0.15) is 21.6 Å². The summed E-state index contributed by atoms with van der Waals surface area (Å²) in [6, 6.07) is 21.2. The fourth-order valence-electron chi connectivity index (χ4n) is 4.11. The van der Waals surface area contributed by atoms with E-state index in [1.54, 1.807) is 63.4 Å². The lowest BCUT2D eigenvalue weighted by molar-refractivity contribution is 0.0992. The van der Waals surface area contributed by atoms with Gasteiger partial charge in [0.25, 0.3) is 15.9 Å². The van der Waals surface area contributed by atoms with Gasteiger partial charge in [0.05, 0.1) is 23.1 Å². The van der Waals surface area contributed by atoms with Crippen LogP contribution in [0.3, 0.4) is 0 Å². The van der Waals surface area contributed by atoms with Gasteiger partial charge in [0.1, 0.15) is 11.2 Å². The van der Waals surface area contributed by atoms with Gasteiger partial charge < -0.3 is 13.8 Å². The molecule has 5 aromatic rings. The van der Waals surface area contributed by atoms with Crippen molar-refractivity contribution in [3.8, 4) is 22.6 Å². The molecule has 0 fully saturated rings. The van der Waals surface area contributed by atoms with Gasteiger partial charge in [0, 0.05) is 23.7 Å². The van der Waals surface area contributed by atoms with Crippen LogP contribution < -0.4 is 9.62 Å². The Morgan fingerprint density at radius 2 is 1.58 bits per heavy atom. The maximum absolute atomic E-state index is 14.1. The molecule has 0 aliphatic heterocycles. The first-order chi connectivity index (χ1) is 18.3. The number of carbonyl (C=O) groups is 1. The number of carbonyl (C=O) groups excluding carboxylic acids is 1. The largest absolute Gasteiger partial charge is 0.444 e. The van der Waals surface area contributed by atoms with Crippen LogP contribution in [-0.4, -0.2) is 31.5 Å². The van der Waals surface area contributed by atoms with Crippen molar-refractivity contribution in [2.75, 3.05) is 16.7 Å². The number of aryl methyl sites for hydroxylation is 1. The first-order valence-electron chi connectivity index (χ1n) is 11.7. The third-order valence-electron chi connectivity index (χ3n) is 6.19. The standard InChI is InChI=1S/C28H24N4O5S/c1-18-19(2)30-37-26(18)31-38(34,35)25-23(27-29-16-17-36-27)15-14-22(20-10-6-4-7-11-20)24(25)32(3)28(33)21-12-8-5-9-13-21/h4-17,31H,1-3H3. The Balaban J connectivity index is 1.81. The van der Waals surface area contributed by atoms with Crippen molar-refractivity contribution in [2.45, 2.75) is 18.7 Å². The van der Waals surface area contributed by atoms with Crippen molar-refractivity contribution in [3.05, 3.63) is 102 Å². The molecule has 0 saturated carbocycles. The molecule has 0 spiro atoms. The quantitative estimate of drug-likeness (QED) is 0.288. The van der Waals surface area contributed by atoms with Crippen molar-refractivity contribution >= 4 is 27.5 Å². The normalized spacial score (nSPS) is 11.3. The van der Waals surface area contributed by atoms with E-state index in [1.807, 2.05) is 30.3 Å². The second-order valence-corrected chi connectivity index (χ2v) is 10.2. The number of amides is 1. The molecule has 1 amide bonds. The molecule has 0 atom stereocenters. The molecule has 192 valence electrons. The van der Waals surface area contributed by atoms with E-state index in [1.165, 1.54) is 17.4 Å². The minimum Gasteiger partial charge on any atom is -0.444 e. The van der Waals surface area contributed by atoms with E-state index in [2.05, 4.69) is 14.9 Å². The van der Waals surface area contributed by atoms with Gasteiger partial charge in [-0.3, -0.25) is 4.79 Å². The Labute approximate surface area is 219 Å². The van der Waals surface area contributed by atoms with Gasteiger partial charge in [0.2, 0.25) is 11.8 Å². The number of rotatable bonds is 7. The Hall–Kier alpha value is -4.70. The summed E-state index contributed by atoms with van der Waals surface area (Å²) in [5.41, 5.74) is 3.07. The van der Waals surface area contributed by atoms with Crippen LogP contribution in [0, 0.1) is 13.8 Å². The van der Waals surface area contributed by atoms with Crippen molar-refractivity contribution in [1.82, 2.24) is 10.1 Å². The minimum absolute atomic E-state index is 0.0195. The molecule has 3 aromatic carbocycles. The molecular weight excluding hydrogens is 504 g/mol. The minimum atomic E-state index is -4.38. The fourth-order valence-corrected chi connectivity index (χ4v) is 5.59. The highest BCUT2D eigenvalue weighted by atomic mass is 32.2. The first kappa shape index (κ1) is 25.0.